The minimum Gasteiger partial charge on any atom is -0.412 e. The number of aromatic nitrogens is 3. The molecule has 0 radical (unpaired) electrons. The molecule has 3 heterocycles. The van der Waals surface area contributed by atoms with Gasteiger partial charge < -0.3 is 20.7 Å². The van der Waals surface area contributed by atoms with Crippen molar-refractivity contribution in [3.05, 3.63) is 48.7 Å². The van der Waals surface area contributed by atoms with Crippen LogP contribution in [0.2, 0.25) is 0 Å². The van der Waals surface area contributed by atoms with Crippen LogP contribution in [0.4, 0.5) is 5.95 Å². The van der Waals surface area contributed by atoms with Crippen molar-refractivity contribution in [3.63, 3.8) is 0 Å². The number of H-pyrrole nitrogens is 1. The first-order valence-electron chi connectivity index (χ1n) is 9.18. The normalized spacial score (nSPS) is 16.0. The lowest BCUT2D eigenvalue weighted by molar-refractivity contribution is 0.230. The van der Waals surface area contributed by atoms with Gasteiger partial charge in [0.2, 0.25) is 5.95 Å². The highest BCUT2D eigenvalue weighted by atomic mass is 32.2. The van der Waals surface area contributed by atoms with Gasteiger partial charge in [0.1, 0.15) is 0 Å². The molecule has 0 atom stereocenters. The number of pyridine rings is 1. The van der Waals surface area contributed by atoms with Gasteiger partial charge in [0.25, 0.3) is 0 Å². The number of benzene rings is 1. The van der Waals surface area contributed by atoms with Crippen LogP contribution in [0.1, 0.15) is 12.8 Å². The minimum atomic E-state index is -3.22. The van der Waals surface area contributed by atoms with Gasteiger partial charge in [0.05, 0.1) is 16.2 Å². The summed E-state index contributed by atoms with van der Waals surface area (Å²) in [6, 6.07) is 12.8. The first-order valence-corrected chi connectivity index (χ1v) is 10.8. The molecule has 0 aliphatic carbocycles. The third-order valence-electron chi connectivity index (χ3n) is 4.96. The molecule has 1 aromatic carbocycles. The van der Waals surface area contributed by atoms with Crippen LogP contribution in [0, 0.1) is 0 Å². The number of anilines is 1. The number of sulfone groups is 1. The van der Waals surface area contributed by atoms with E-state index in [0.29, 0.717) is 23.1 Å². The summed E-state index contributed by atoms with van der Waals surface area (Å²) in [5, 5.41) is 3.44. The van der Waals surface area contributed by atoms with Crippen LogP contribution >= 0.6 is 0 Å². The highest BCUT2D eigenvalue weighted by Gasteiger charge is 2.22. The van der Waals surface area contributed by atoms with Gasteiger partial charge in [-0.2, -0.15) is 4.98 Å². The number of hydrogen-bond acceptors (Lipinski definition) is 6. The van der Waals surface area contributed by atoms with Gasteiger partial charge in [0.15, 0.2) is 15.5 Å². The number of nitrogens with zero attached hydrogens (tertiary/aromatic N) is 3. The fraction of sp³-hybridized carbons (Fsp3) is 0.368. The van der Waals surface area contributed by atoms with Crippen molar-refractivity contribution >= 4 is 26.9 Å². The number of aromatic amines is 1. The van der Waals surface area contributed by atoms with Crippen LogP contribution in [0.15, 0.2) is 53.6 Å². The van der Waals surface area contributed by atoms with Gasteiger partial charge >= 0.3 is 0 Å². The lowest BCUT2D eigenvalue weighted by Gasteiger charge is -2.32. The standard InChI is InChI=1S/C19H23N5O2S.H2O/c25-27(26,16-5-2-1-3-6-16)14-13-24-11-8-15(9-12-24)21-19-22-17-7-4-10-20-18(17)23-19;/h1-7,10,15H,8-9,11-14H2,(H2,20,21,22,23);1H2. The van der Waals surface area contributed by atoms with E-state index in [9.17, 15) is 8.42 Å². The molecule has 9 heteroatoms. The van der Waals surface area contributed by atoms with E-state index in [1.54, 1.807) is 30.5 Å². The molecule has 2 aromatic heterocycles. The number of nitrogens with one attached hydrogen (secondary N) is 2. The molecule has 0 saturated carbocycles. The van der Waals surface area contributed by atoms with Gasteiger partial charge in [-0.1, -0.05) is 18.2 Å². The summed E-state index contributed by atoms with van der Waals surface area (Å²) in [5.41, 5.74) is 1.63. The molecule has 0 amide bonds. The zero-order valence-corrected chi connectivity index (χ0v) is 16.3. The van der Waals surface area contributed by atoms with Crippen LogP contribution in [0.5, 0.6) is 0 Å². The average Bonchev–Trinajstić information content (AvgIpc) is 3.10. The topological polar surface area (TPSA) is 122 Å². The highest BCUT2D eigenvalue weighted by Crippen LogP contribution is 2.18. The summed E-state index contributed by atoms with van der Waals surface area (Å²) in [6.07, 6.45) is 3.64. The van der Waals surface area contributed by atoms with Gasteiger partial charge in [-0.05, 0) is 37.1 Å². The van der Waals surface area contributed by atoms with Crippen molar-refractivity contribution < 1.29 is 13.9 Å². The maximum atomic E-state index is 12.4. The fourth-order valence-electron chi connectivity index (χ4n) is 3.40. The maximum absolute atomic E-state index is 12.4. The molecule has 1 aliphatic rings. The van der Waals surface area contributed by atoms with Gasteiger partial charge in [-0.25, -0.2) is 13.4 Å². The van der Waals surface area contributed by atoms with Crippen LogP contribution < -0.4 is 5.32 Å². The predicted octanol–water partition coefficient (Wildman–Crippen LogP) is 1.48. The summed E-state index contributed by atoms with van der Waals surface area (Å²) >= 11 is 0. The number of piperidine rings is 1. The van der Waals surface area contributed by atoms with E-state index in [-0.39, 0.29) is 11.2 Å². The number of hydrogen-bond donors (Lipinski definition) is 2. The molecule has 150 valence electrons. The number of likely N-dealkylation sites (tertiary alicyclic amines) is 1. The molecule has 0 spiro atoms. The predicted molar refractivity (Wildman–Crippen MR) is 109 cm³/mol. The first-order chi connectivity index (χ1) is 13.1. The van der Waals surface area contributed by atoms with Gasteiger partial charge in [0, 0.05) is 31.9 Å². The Kier molecular flexibility index (Phi) is 6.28. The Morgan fingerprint density at radius 1 is 1.11 bits per heavy atom. The maximum Gasteiger partial charge on any atom is 0.202 e. The second-order valence-electron chi connectivity index (χ2n) is 6.85. The summed E-state index contributed by atoms with van der Waals surface area (Å²) in [4.78, 5) is 14.6. The van der Waals surface area contributed by atoms with Crippen molar-refractivity contribution in [2.24, 2.45) is 0 Å². The summed E-state index contributed by atoms with van der Waals surface area (Å²) in [7, 11) is -3.22. The van der Waals surface area contributed by atoms with E-state index < -0.39 is 9.84 Å². The number of rotatable bonds is 6. The Morgan fingerprint density at radius 3 is 2.57 bits per heavy atom. The zero-order valence-electron chi connectivity index (χ0n) is 15.5. The average molecular weight is 404 g/mol. The van der Waals surface area contributed by atoms with Crippen molar-refractivity contribution in [3.8, 4) is 0 Å². The highest BCUT2D eigenvalue weighted by molar-refractivity contribution is 7.91. The molecule has 0 bridgehead atoms. The molecule has 1 saturated heterocycles. The quantitative estimate of drug-likeness (QED) is 0.643. The van der Waals surface area contributed by atoms with Crippen LogP contribution in [0.25, 0.3) is 11.2 Å². The Bertz CT molecular complexity index is 966. The molecule has 0 unspecified atom stereocenters. The van der Waals surface area contributed by atoms with Crippen molar-refractivity contribution in [2.75, 3.05) is 30.7 Å². The van der Waals surface area contributed by atoms with Gasteiger partial charge in [-0.15, -0.1) is 0 Å². The number of fused-ring (bicyclic) bond motifs is 1. The largest absolute Gasteiger partial charge is 0.412 e. The van der Waals surface area contributed by atoms with Crippen molar-refractivity contribution in [2.45, 2.75) is 23.8 Å². The molecule has 3 aromatic rings. The first kappa shape index (κ1) is 20.2. The van der Waals surface area contributed by atoms with E-state index >= 15 is 0 Å². The third kappa shape index (κ3) is 4.67. The summed E-state index contributed by atoms with van der Waals surface area (Å²) in [6.45, 7) is 2.32. The molecule has 1 fully saturated rings. The Morgan fingerprint density at radius 2 is 1.86 bits per heavy atom. The molecule has 4 N–H and O–H groups in total. The molecule has 28 heavy (non-hydrogen) atoms. The van der Waals surface area contributed by atoms with E-state index in [1.165, 1.54) is 0 Å². The van der Waals surface area contributed by atoms with E-state index in [1.807, 2.05) is 18.2 Å². The Hall–Kier alpha value is -2.49. The van der Waals surface area contributed by atoms with E-state index in [2.05, 4.69) is 25.2 Å². The van der Waals surface area contributed by atoms with E-state index in [0.717, 1.165) is 37.4 Å². The monoisotopic (exact) mass is 403 g/mol. The zero-order chi connectivity index (χ0) is 18.7. The van der Waals surface area contributed by atoms with Crippen LogP contribution in [-0.2, 0) is 9.84 Å². The third-order valence-corrected chi connectivity index (χ3v) is 6.67. The summed E-state index contributed by atoms with van der Waals surface area (Å²) in [5.74, 6) is 0.901. The van der Waals surface area contributed by atoms with Crippen molar-refractivity contribution in [1.29, 1.82) is 0 Å². The van der Waals surface area contributed by atoms with E-state index in [4.69, 9.17) is 0 Å². The second-order valence-corrected chi connectivity index (χ2v) is 8.96. The number of imidazole rings is 1. The molecular formula is C19H25N5O3S. The molecule has 4 rings (SSSR count). The fourth-order valence-corrected chi connectivity index (χ4v) is 4.71. The SMILES string of the molecule is O.O=S(=O)(CCN1CCC(Nc2nc3ncccc3[nH]2)CC1)c1ccccc1. The van der Waals surface area contributed by atoms with Crippen LogP contribution in [-0.4, -0.2) is 65.2 Å². The molecule has 1 aliphatic heterocycles. The minimum absolute atomic E-state index is 0. The summed E-state index contributed by atoms with van der Waals surface area (Å²) < 4.78 is 24.8. The molecule has 8 nitrogen and oxygen atoms in total. The van der Waals surface area contributed by atoms with Crippen molar-refractivity contribution in [1.82, 2.24) is 19.9 Å². The van der Waals surface area contributed by atoms with Crippen LogP contribution in [0.3, 0.4) is 0 Å². The smallest absolute Gasteiger partial charge is 0.202 e. The Balaban J connectivity index is 0.00000225. The van der Waals surface area contributed by atoms with Gasteiger partial charge in [-0.3, -0.25) is 0 Å². The lowest BCUT2D eigenvalue weighted by atomic mass is 10.1. The Labute approximate surface area is 164 Å². The lowest BCUT2D eigenvalue weighted by Crippen LogP contribution is -2.41. The second kappa shape index (κ2) is 8.68. The molecular weight excluding hydrogens is 378 g/mol.